The molecule has 0 spiro atoms. The monoisotopic (exact) mass is 254 g/mol. The second-order valence-corrected chi connectivity index (χ2v) is 4.02. The van der Waals surface area contributed by atoms with E-state index in [0.29, 0.717) is 22.7 Å². The minimum atomic E-state index is -0.393. The SMILES string of the molecule is CC(=O)N=Nc1[nH]c(N)c2nc3ccccc3nc12. The van der Waals surface area contributed by atoms with E-state index in [1.807, 2.05) is 24.3 Å². The fraction of sp³-hybridized carbons (Fsp3) is 0.0833. The molecule has 3 aromatic rings. The Morgan fingerprint density at radius 3 is 2.47 bits per heavy atom. The Balaban J connectivity index is 2.30. The van der Waals surface area contributed by atoms with E-state index in [0.717, 1.165) is 11.0 Å². The van der Waals surface area contributed by atoms with Crippen LogP contribution in [0.5, 0.6) is 0 Å². The maximum Gasteiger partial charge on any atom is 0.261 e. The van der Waals surface area contributed by atoms with Crippen LogP contribution < -0.4 is 5.73 Å². The number of benzene rings is 1. The van der Waals surface area contributed by atoms with Gasteiger partial charge in [0.25, 0.3) is 5.91 Å². The molecule has 0 aliphatic carbocycles. The molecule has 7 nitrogen and oxygen atoms in total. The Morgan fingerprint density at radius 1 is 1.21 bits per heavy atom. The van der Waals surface area contributed by atoms with Crippen molar-refractivity contribution in [2.24, 2.45) is 10.2 Å². The zero-order valence-electron chi connectivity index (χ0n) is 10.1. The maximum atomic E-state index is 10.8. The summed E-state index contributed by atoms with van der Waals surface area (Å²) < 4.78 is 0. The maximum absolute atomic E-state index is 10.8. The van der Waals surface area contributed by atoms with Gasteiger partial charge < -0.3 is 10.7 Å². The first-order chi connectivity index (χ1) is 9.15. The second-order valence-electron chi connectivity index (χ2n) is 4.02. The van der Waals surface area contributed by atoms with Crippen LogP contribution in [-0.4, -0.2) is 20.9 Å². The van der Waals surface area contributed by atoms with Crippen molar-refractivity contribution in [2.45, 2.75) is 6.92 Å². The Labute approximate surface area is 107 Å². The number of carbonyl (C=O) groups is 1. The summed E-state index contributed by atoms with van der Waals surface area (Å²) in [5, 5.41) is 7.27. The number of azo groups is 1. The van der Waals surface area contributed by atoms with E-state index >= 15 is 0 Å². The van der Waals surface area contributed by atoms with Gasteiger partial charge in [0, 0.05) is 6.92 Å². The van der Waals surface area contributed by atoms with Crippen LogP contribution >= 0.6 is 0 Å². The van der Waals surface area contributed by atoms with Gasteiger partial charge in [0.1, 0.15) is 16.9 Å². The molecule has 3 rings (SSSR count). The summed E-state index contributed by atoms with van der Waals surface area (Å²) >= 11 is 0. The standard InChI is InChI=1S/C12H10N6O/c1-6(19)17-18-12-10-9(11(13)16-12)14-7-4-2-3-5-8(7)15-10/h2-5,16H,13H2,1H3. The molecular weight excluding hydrogens is 244 g/mol. The highest BCUT2D eigenvalue weighted by atomic mass is 16.1. The van der Waals surface area contributed by atoms with Crippen molar-refractivity contribution in [1.82, 2.24) is 15.0 Å². The normalized spacial score (nSPS) is 11.6. The summed E-state index contributed by atoms with van der Waals surface area (Å²) in [6, 6.07) is 7.44. The van der Waals surface area contributed by atoms with Gasteiger partial charge in [-0.05, 0) is 12.1 Å². The number of hydrogen-bond donors (Lipinski definition) is 2. The van der Waals surface area contributed by atoms with Crippen LogP contribution in [0.4, 0.5) is 11.6 Å². The van der Waals surface area contributed by atoms with Crippen molar-refractivity contribution >= 4 is 39.6 Å². The summed E-state index contributed by atoms with van der Waals surface area (Å²) in [5.41, 5.74) is 8.33. The summed E-state index contributed by atoms with van der Waals surface area (Å²) in [6.07, 6.45) is 0. The first-order valence-electron chi connectivity index (χ1n) is 5.61. The molecule has 3 N–H and O–H groups in total. The van der Waals surface area contributed by atoms with Crippen LogP contribution in [0.2, 0.25) is 0 Å². The lowest BCUT2D eigenvalue weighted by atomic mass is 10.3. The molecule has 0 unspecified atom stereocenters. The molecule has 2 aromatic heterocycles. The highest BCUT2D eigenvalue weighted by Gasteiger charge is 2.12. The number of aromatic amines is 1. The van der Waals surface area contributed by atoms with Crippen LogP contribution in [0.3, 0.4) is 0 Å². The molecule has 7 heteroatoms. The largest absolute Gasteiger partial charge is 0.383 e. The summed E-state index contributed by atoms with van der Waals surface area (Å²) in [7, 11) is 0. The quantitative estimate of drug-likeness (QED) is 0.649. The van der Waals surface area contributed by atoms with Gasteiger partial charge in [-0.15, -0.1) is 10.2 Å². The first kappa shape index (κ1) is 11.3. The summed E-state index contributed by atoms with van der Waals surface area (Å²) in [4.78, 5) is 22.5. The van der Waals surface area contributed by atoms with E-state index in [-0.39, 0.29) is 0 Å². The van der Waals surface area contributed by atoms with E-state index in [2.05, 4.69) is 25.2 Å². The number of rotatable bonds is 1. The highest BCUT2D eigenvalue weighted by Crippen LogP contribution is 2.29. The van der Waals surface area contributed by atoms with Gasteiger partial charge in [-0.2, -0.15) is 0 Å². The Hall–Kier alpha value is -2.83. The molecule has 94 valence electrons. The van der Waals surface area contributed by atoms with E-state index in [1.165, 1.54) is 6.92 Å². The number of H-pyrrole nitrogens is 1. The van der Waals surface area contributed by atoms with Gasteiger partial charge >= 0.3 is 0 Å². The van der Waals surface area contributed by atoms with Crippen molar-refractivity contribution < 1.29 is 4.79 Å². The van der Waals surface area contributed by atoms with E-state index in [9.17, 15) is 4.79 Å². The van der Waals surface area contributed by atoms with Gasteiger partial charge in [-0.3, -0.25) is 4.79 Å². The van der Waals surface area contributed by atoms with Gasteiger partial charge in [0.2, 0.25) is 0 Å². The minimum Gasteiger partial charge on any atom is -0.383 e. The van der Waals surface area contributed by atoms with Gasteiger partial charge in [0.05, 0.1) is 11.0 Å². The van der Waals surface area contributed by atoms with Gasteiger partial charge in [-0.1, -0.05) is 12.1 Å². The number of para-hydroxylation sites is 2. The molecule has 0 aliphatic heterocycles. The lowest BCUT2D eigenvalue weighted by Crippen LogP contribution is -1.88. The van der Waals surface area contributed by atoms with Crippen molar-refractivity contribution in [3.63, 3.8) is 0 Å². The number of nitrogens with two attached hydrogens (primary N) is 1. The van der Waals surface area contributed by atoms with E-state index in [1.54, 1.807) is 0 Å². The predicted molar refractivity (Wildman–Crippen MR) is 71.0 cm³/mol. The number of anilines is 1. The number of amides is 1. The molecule has 0 atom stereocenters. The van der Waals surface area contributed by atoms with Crippen LogP contribution in [-0.2, 0) is 4.79 Å². The van der Waals surface area contributed by atoms with Crippen LogP contribution in [0.1, 0.15) is 6.92 Å². The third-order valence-electron chi connectivity index (χ3n) is 2.59. The van der Waals surface area contributed by atoms with Gasteiger partial charge in [-0.25, -0.2) is 9.97 Å². The molecule has 0 aliphatic rings. The Bertz CT molecular complexity index is 820. The lowest BCUT2D eigenvalue weighted by Gasteiger charge is -1.96. The third-order valence-corrected chi connectivity index (χ3v) is 2.59. The minimum absolute atomic E-state index is 0.334. The fourth-order valence-electron chi connectivity index (χ4n) is 1.79. The van der Waals surface area contributed by atoms with Crippen molar-refractivity contribution in [3.05, 3.63) is 24.3 Å². The molecule has 0 fully saturated rings. The number of nitrogens with one attached hydrogen (secondary N) is 1. The Morgan fingerprint density at radius 2 is 1.84 bits per heavy atom. The lowest BCUT2D eigenvalue weighted by molar-refractivity contribution is -0.116. The molecule has 0 bridgehead atoms. The van der Waals surface area contributed by atoms with E-state index < -0.39 is 5.91 Å². The molecule has 2 heterocycles. The Kier molecular flexibility index (Phi) is 2.45. The van der Waals surface area contributed by atoms with Crippen molar-refractivity contribution in [1.29, 1.82) is 0 Å². The number of aromatic nitrogens is 3. The number of carbonyl (C=O) groups excluding carboxylic acids is 1. The number of nitrogen functional groups attached to an aromatic ring is 1. The smallest absolute Gasteiger partial charge is 0.261 e. The van der Waals surface area contributed by atoms with E-state index in [4.69, 9.17) is 5.73 Å². The van der Waals surface area contributed by atoms with Crippen LogP contribution in [0.15, 0.2) is 34.5 Å². The van der Waals surface area contributed by atoms with Gasteiger partial charge in [0.15, 0.2) is 5.82 Å². The summed E-state index contributed by atoms with van der Waals surface area (Å²) in [6.45, 7) is 1.32. The molecule has 0 radical (unpaired) electrons. The van der Waals surface area contributed by atoms with Crippen LogP contribution in [0, 0.1) is 0 Å². The fourth-order valence-corrected chi connectivity index (χ4v) is 1.79. The number of nitrogens with zero attached hydrogens (tertiary/aromatic N) is 4. The number of fused-ring (bicyclic) bond motifs is 2. The summed E-state index contributed by atoms with van der Waals surface area (Å²) in [5.74, 6) is 0.293. The number of hydrogen-bond acceptors (Lipinski definition) is 5. The van der Waals surface area contributed by atoms with Crippen LogP contribution in [0.25, 0.3) is 22.1 Å². The zero-order valence-corrected chi connectivity index (χ0v) is 10.1. The average molecular weight is 254 g/mol. The first-order valence-corrected chi connectivity index (χ1v) is 5.61. The topological polar surface area (TPSA) is 109 Å². The van der Waals surface area contributed by atoms with Crippen molar-refractivity contribution in [2.75, 3.05) is 5.73 Å². The zero-order chi connectivity index (χ0) is 13.4. The van der Waals surface area contributed by atoms with Crippen molar-refractivity contribution in [3.8, 4) is 0 Å². The highest BCUT2D eigenvalue weighted by molar-refractivity contribution is 5.98. The third kappa shape index (κ3) is 1.90. The molecule has 1 aromatic carbocycles. The molecule has 0 saturated heterocycles. The predicted octanol–water partition coefficient (Wildman–Crippen LogP) is 2.32. The second kappa shape index (κ2) is 4.13. The molecule has 1 amide bonds. The average Bonchev–Trinajstić information content (AvgIpc) is 2.70. The molecular formula is C12H10N6O. The molecule has 19 heavy (non-hydrogen) atoms. The molecule has 0 saturated carbocycles.